The Balaban J connectivity index is 1.94. The third-order valence-electron chi connectivity index (χ3n) is 7.84. The van der Waals surface area contributed by atoms with Gasteiger partial charge in [0.2, 0.25) is 17.7 Å². The Morgan fingerprint density at radius 1 is 1.00 bits per heavy atom. The molecule has 3 aromatic rings. The van der Waals surface area contributed by atoms with Crippen molar-refractivity contribution in [3.05, 3.63) is 106 Å². The van der Waals surface area contributed by atoms with Crippen LogP contribution in [0.15, 0.2) is 78.4 Å². The average molecular weight is 686 g/mol. The summed E-state index contributed by atoms with van der Waals surface area (Å²) in [5.74, 6) is -5.01. The third kappa shape index (κ3) is 11.0. The summed E-state index contributed by atoms with van der Waals surface area (Å²) < 4.78 is 19.7. The highest BCUT2D eigenvalue weighted by molar-refractivity contribution is 6.02. The molecule has 0 heterocycles. The summed E-state index contributed by atoms with van der Waals surface area (Å²) in [4.78, 5) is 53.1. The zero-order chi connectivity index (χ0) is 37.1. The highest BCUT2D eigenvalue weighted by Crippen LogP contribution is 2.26. The van der Waals surface area contributed by atoms with Gasteiger partial charge in [0.25, 0.3) is 5.91 Å². The minimum Gasteiger partial charge on any atom is -0.493 e. The maximum absolute atomic E-state index is 13.9. The van der Waals surface area contributed by atoms with E-state index in [0.717, 1.165) is 11.1 Å². The molecule has 0 aliphatic rings. The van der Waals surface area contributed by atoms with Crippen LogP contribution in [-0.2, 0) is 32.1 Å². The van der Waals surface area contributed by atoms with Crippen molar-refractivity contribution in [1.82, 2.24) is 16.0 Å². The second-order valence-corrected chi connectivity index (χ2v) is 13.1. The van der Waals surface area contributed by atoms with Gasteiger partial charge in [0.15, 0.2) is 5.54 Å². The molecule has 0 radical (unpaired) electrons. The number of nitrogens with two attached hydrogens (primary N) is 1. The number of primary amides is 1. The monoisotopic (exact) mass is 685 g/mol. The van der Waals surface area contributed by atoms with Gasteiger partial charge in [-0.05, 0) is 88.1 Å². The molecule has 0 aromatic heterocycles. The first kappa shape index (κ1) is 38.9. The van der Waals surface area contributed by atoms with Gasteiger partial charge in [-0.25, -0.2) is 4.39 Å². The minimum atomic E-state index is -2.33. The predicted molar refractivity (Wildman–Crippen MR) is 186 cm³/mol. The zero-order valence-corrected chi connectivity index (χ0v) is 28.9. The van der Waals surface area contributed by atoms with E-state index in [9.17, 15) is 33.9 Å². The topological polar surface area (TPSA) is 184 Å². The number of aryl methyl sites for hydroxylation is 2. The lowest BCUT2D eigenvalue weighted by Crippen LogP contribution is -2.71. The summed E-state index contributed by atoms with van der Waals surface area (Å²) in [6.45, 7) is 8.04. The fourth-order valence-electron chi connectivity index (χ4n) is 5.19. The Bertz CT molecular complexity index is 1760. The first-order valence-electron chi connectivity index (χ1n) is 16.1. The first-order valence-corrected chi connectivity index (χ1v) is 16.1. The minimum absolute atomic E-state index is 0.0611. The van der Waals surface area contributed by atoms with Crippen LogP contribution < -0.4 is 26.4 Å². The number of aliphatic hydroxyl groups is 1. The van der Waals surface area contributed by atoms with Crippen molar-refractivity contribution in [3.8, 4) is 11.8 Å². The largest absolute Gasteiger partial charge is 0.493 e. The summed E-state index contributed by atoms with van der Waals surface area (Å²) in [5, 5.41) is 28.7. The number of ether oxygens (including phenoxy) is 1. The molecule has 264 valence electrons. The predicted octanol–water partition coefficient (Wildman–Crippen LogP) is 3.62. The van der Waals surface area contributed by atoms with Crippen LogP contribution in [0.2, 0.25) is 0 Å². The number of hydrogen-bond donors (Lipinski definition) is 5. The van der Waals surface area contributed by atoms with Crippen molar-refractivity contribution in [1.29, 1.82) is 5.26 Å². The number of carbonyl (C=O) groups excluding carboxylic acids is 4. The highest BCUT2D eigenvalue weighted by Gasteiger charge is 2.53. The molecule has 2 unspecified atom stereocenters. The average Bonchev–Trinajstić information content (AvgIpc) is 3.04. The number of nitrogens with one attached hydrogen (secondary N) is 3. The van der Waals surface area contributed by atoms with Crippen molar-refractivity contribution >= 4 is 29.7 Å². The first-order chi connectivity index (χ1) is 23.5. The van der Waals surface area contributed by atoms with E-state index in [1.54, 1.807) is 45.0 Å². The quantitative estimate of drug-likeness (QED) is 0.120. The van der Waals surface area contributed by atoms with Crippen molar-refractivity contribution in [3.63, 3.8) is 0 Å². The Labute approximate surface area is 291 Å². The number of carbonyl (C=O) groups is 4. The molecule has 4 amide bonds. The maximum Gasteiger partial charge on any atom is 0.262 e. The number of nitrogens with zero attached hydrogens (tertiary/aromatic N) is 1. The van der Waals surface area contributed by atoms with E-state index in [2.05, 4.69) is 16.0 Å². The van der Waals surface area contributed by atoms with E-state index in [4.69, 9.17) is 10.5 Å². The smallest absolute Gasteiger partial charge is 0.262 e. The fourth-order valence-corrected chi connectivity index (χ4v) is 5.19. The van der Waals surface area contributed by atoms with Gasteiger partial charge in [-0.15, -0.1) is 0 Å². The van der Waals surface area contributed by atoms with Gasteiger partial charge in [0.1, 0.15) is 35.7 Å². The van der Waals surface area contributed by atoms with E-state index in [1.807, 2.05) is 37.3 Å². The summed E-state index contributed by atoms with van der Waals surface area (Å²) in [5.41, 5.74) is 5.57. The molecular weight excluding hydrogens is 641 g/mol. The molecule has 12 heteroatoms. The van der Waals surface area contributed by atoms with Crippen LogP contribution in [-0.4, -0.2) is 52.5 Å². The van der Waals surface area contributed by atoms with Gasteiger partial charge < -0.3 is 31.5 Å². The van der Waals surface area contributed by atoms with E-state index >= 15 is 0 Å². The SMILES string of the molecule is Cc1ccc(CNC(=O)[C@H](COc2cccc(C=C(C#N)C(=O)NC(C)(C)C)c2)C(NC(=O)CCc2cccc(F)c2)(C(N)=O)C(C)O)cc1. The van der Waals surface area contributed by atoms with Crippen LogP contribution >= 0.6 is 0 Å². The van der Waals surface area contributed by atoms with Gasteiger partial charge in [-0.1, -0.05) is 54.1 Å². The van der Waals surface area contributed by atoms with Gasteiger partial charge >= 0.3 is 0 Å². The van der Waals surface area contributed by atoms with E-state index < -0.39 is 59.2 Å². The van der Waals surface area contributed by atoms with E-state index in [1.165, 1.54) is 37.3 Å². The standard InChI is InChI=1S/C38H44FN5O6/c1-24-12-14-27(15-13-24)22-42-35(48)32(23-50-31-11-7-9-28(20-31)18-29(21-40)34(47)44-37(3,4)5)38(25(2)45,36(41)49)43-33(46)17-16-26-8-6-10-30(39)19-26/h6-15,18-20,25,32,45H,16-17,22-23H2,1-5H3,(H2,41,49)(H,42,48)(H,43,46)(H,44,47)/t25?,32-,38?/m0/s1. The number of nitriles is 1. The molecule has 3 atom stereocenters. The highest BCUT2D eigenvalue weighted by atomic mass is 19.1. The molecule has 0 fully saturated rings. The lowest BCUT2D eigenvalue weighted by Gasteiger charge is -2.40. The normalized spacial score (nSPS) is 13.9. The maximum atomic E-state index is 13.9. The molecule has 0 saturated heterocycles. The molecule has 3 aromatic carbocycles. The van der Waals surface area contributed by atoms with E-state index in [-0.39, 0.29) is 30.7 Å². The lowest BCUT2D eigenvalue weighted by molar-refractivity contribution is -0.147. The zero-order valence-electron chi connectivity index (χ0n) is 28.9. The number of amides is 4. The molecule has 0 spiro atoms. The van der Waals surface area contributed by atoms with Crippen LogP contribution in [0.4, 0.5) is 4.39 Å². The van der Waals surface area contributed by atoms with Crippen molar-refractivity contribution in [2.24, 2.45) is 11.7 Å². The van der Waals surface area contributed by atoms with Gasteiger partial charge in [-0.2, -0.15) is 5.26 Å². The summed E-state index contributed by atoms with van der Waals surface area (Å²) >= 11 is 0. The van der Waals surface area contributed by atoms with Gasteiger partial charge in [0.05, 0.1) is 6.10 Å². The Hall–Kier alpha value is -5.54. The third-order valence-corrected chi connectivity index (χ3v) is 7.84. The van der Waals surface area contributed by atoms with Crippen LogP contribution in [0.25, 0.3) is 6.08 Å². The molecule has 0 bridgehead atoms. The molecule has 11 nitrogen and oxygen atoms in total. The number of aliphatic hydroxyl groups excluding tert-OH is 1. The molecule has 0 aliphatic carbocycles. The second kappa shape index (κ2) is 17.2. The molecular formula is C38H44FN5O6. The molecule has 0 saturated carbocycles. The van der Waals surface area contributed by atoms with Crippen LogP contribution in [0, 0.1) is 30.0 Å². The fraction of sp³-hybridized carbons (Fsp3) is 0.342. The number of halogens is 1. The summed E-state index contributed by atoms with van der Waals surface area (Å²) in [7, 11) is 0. The molecule has 3 rings (SSSR count). The van der Waals surface area contributed by atoms with Crippen LogP contribution in [0.1, 0.15) is 56.4 Å². The molecule has 50 heavy (non-hydrogen) atoms. The van der Waals surface area contributed by atoms with Crippen molar-refractivity contribution in [2.45, 2.75) is 71.2 Å². The Morgan fingerprint density at radius 3 is 2.28 bits per heavy atom. The molecule has 0 aliphatic heterocycles. The second-order valence-electron chi connectivity index (χ2n) is 13.1. The van der Waals surface area contributed by atoms with Crippen LogP contribution in [0.5, 0.6) is 5.75 Å². The number of hydrogen-bond acceptors (Lipinski definition) is 7. The summed E-state index contributed by atoms with van der Waals surface area (Å²) in [6.07, 6.45) is -0.382. The van der Waals surface area contributed by atoms with E-state index in [0.29, 0.717) is 11.1 Å². The summed E-state index contributed by atoms with van der Waals surface area (Å²) in [6, 6.07) is 21.3. The Kier molecular flexibility index (Phi) is 13.4. The van der Waals surface area contributed by atoms with Crippen molar-refractivity contribution in [2.75, 3.05) is 6.61 Å². The van der Waals surface area contributed by atoms with Gasteiger partial charge in [-0.3, -0.25) is 19.2 Å². The van der Waals surface area contributed by atoms with Crippen LogP contribution in [0.3, 0.4) is 0 Å². The van der Waals surface area contributed by atoms with Gasteiger partial charge in [0, 0.05) is 18.5 Å². The number of benzene rings is 3. The van der Waals surface area contributed by atoms with Crippen molar-refractivity contribution < 1.29 is 33.4 Å². The lowest BCUT2D eigenvalue weighted by atomic mass is 9.78. The number of rotatable bonds is 15. The Morgan fingerprint density at radius 2 is 1.68 bits per heavy atom. The molecule has 6 N–H and O–H groups in total.